The maximum atomic E-state index is 12.6. The smallest absolute Gasteiger partial charge is 0.303 e. The van der Waals surface area contributed by atoms with Crippen molar-refractivity contribution in [1.29, 1.82) is 0 Å². The molecule has 2 atom stereocenters. The van der Waals surface area contributed by atoms with Gasteiger partial charge in [0.2, 0.25) is 0 Å². The van der Waals surface area contributed by atoms with Gasteiger partial charge in [0.1, 0.15) is 0 Å². The first-order valence-corrected chi connectivity index (χ1v) is 3.07. The molecule has 12 heavy (non-hydrogen) atoms. The van der Waals surface area contributed by atoms with Crippen LogP contribution >= 0.6 is 0 Å². The Morgan fingerprint density at radius 2 is 1.75 bits per heavy atom. The van der Waals surface area contributed by atoms with Crippen molar-refractivity contribution in [3.63, 3.8) is 0 Å². The molecule has 0 radical (unpaired) electrons. The number of rotatable bonds is 3. The van der Waals surface area contributed by atoms with Gasteiger partial charge in [0, 0.05) is 0 Å². The van der Waals surface area contributed by atoms with E-state index in [2.05, 4.69) is 0 Å². The highest BCUT2D eigenvalue weighted by Crippen LogP contribution is 2.30. The van der Waals surface area contributed by atoms with Crippen LogP contribution in [0.1, 0.15) is 13.8 Å². The molecule has 0 fully saturated rings. The molecule has 0 unspecified atom stereocenters. The van der Waals surface area contributed by atoms with Crippen LogP contribution in [0.5, 0.6) is 0 Å². The average Bonchev–Trinajstić information content (AvgIpc) is 1.86. The fraction of sp³-hybridized carbons (Fsp3) is 0.833. The van der Waals surface area contributed by atoms with Crippen molar-refractivity contribution in [3.8, 4) is 0 Å². The Hall–Kier alpha value is -0.620. The third-order valence-corrected chi connectivity index (χ3v) is 1.66. The SMILES string of the molecule is CC(=O)[C@](C)(O)[C@@](O)(F)C(F)F. The molecule has 0 aromatic carbocycles. The molecule has 0 rings (SSSR count). The topological polar surface area (TPSA) is 57.5 Å². The lowest BCUT2D eigenvalue weighted by Crippen LogP contribution is -2.58. The standard InChI is InChI=1S/C6H9F3O3/c1-3(10)5(2,11)6(9,12)4(7)8/h4,11-12H,1-2H3/t5-,6+/m0/s1. The van der Waals surface area contributed by atoms with Crippen molar-refractivity contribution in [2.45, 2.75) is 31.7 Å². The highest BCUT2D eigenvalue weighted by atomic mass is 19.3. The van der Waals surface area contributed by atoms with Crippen LogP contribution in [0.15, 0.2) is 0 Å². The van der Waals surface area contributed by atoms with Crippen LogP contribution in [-0.4, -0.2) is 33.9 Å². The van der Waals surface area contributed by atoms with Gasteiger partial charge in [-0.2, -0.15) is 0 Å². The van der Waals surface area contributed by atoms with E-state index in [0.717, 1.165) is 0 Å². The number of alkyl halides is 3. The Bertz CT molecular complexity index is 188. The minimum Gasteiger partial charge on any atom is -0.377 e. The Morgan fingerprint density at radius 3 is 1.83 bits per heavy atom. The van der Waals surface area contributed by atoms with Crippen molar-refractivity contribution < 1.29 is 28.2 Å². The molecule has 0 spiro atoms. The van der Waals surface area contributed by atoms with E-state index in [1.165, 1.54) is 0 Å². The number of Topliss-reactive ketones (excluding diaryl/α,β-unsaturated/α-hetero) is 1. The van der Waals surface area contributed by atoms with Gasteiger partial charge < -0.3 is 10.2 Å². The molecule has 0 amide bonds. The Balaban J connectivity index is 4.88. The molecule has 3 nitrogen and oxygen atoms in total. The Labute approximate surface area is 66.8 Å². The average molecular weight is 186 g/mol. The highest BCUT2D eigenvalue weighted by molar-refractivity contribution is 5.85. The molecule has 0 heterocycles. The zero-order valence-corrected chi connectivity index (χ0v) is 6.51. The van der Waals surface area contributed by atoms with E-state index in [4.69, 9.17) is 10.2 Å². The normalized spacial score (nSPS) is 21.7. The molecule has 0 aliphatic heterocycles. The van der Waals surface area contributed by atoms with Crippen LogP contribution in [0, 0.1) is 0 Å². The summed E-state index contributed by atoms with van der Waals surface area (Å²) in [5, 5.41) is 17.2. The third-order valence-electron chi connectivity index (χ3n) is 1.66. The first kappa shape index (κ1) is 11.4. The zero-order valence-electron chi connectivity index (χ0n) is 6.51. The first-order chi connectivity index (χ1) is 5.14. The van der Waals surface area contributed by atoms with E-state index in [1.54, 1.807) is 0 Å². The molecule has 6 heteroatoms. The molecular weight excluding hydrogens is 177 g/mol. The minimum absolute atomic E-state index is 0.488. The summed E-state index contributed by atoms with van der Waals surface area (Å²) in [4.78, 5) is 10.4. The van der Waals surface area contributed by atoms with E-state index in [-0.39, 0.29) is 0 Å². The number of hydrogen-bond acceptors (Lipinski definition) is 3. The summed E-state index contributed by atoms with van der Waals surface area (Å²) < 4.78 is 36.0. The Kier molecular flexibility index (Phi) is 2.87. The number of aliphatic hydroxyl groups is 2. The van der Waals surface area contributed by atoms with Crippen molar-refractivity contribution in [2.75, 3.05) is 0 Å². The monoisotopic (exact) mass is 186 g/mol. The van der Waals surface area contributed by atoms with Crippen LogP contribution in [0.25, 0.3) is 0 Å². The predicted molar refractivity (Wildman–Crippen MR) is 33.4 cm³/mol. The van der Waals surface area contributed by atoms with E-state index in [1.807, 2.05) is 0 Å². The maximum Gasteiger partial charge on any atom is 0.303 e. The van der Waals surface area contributed by atoms with Crippen molar-refractivity contribution in [2.24, 2.45) is 0 Å². The largest absolute Gasteiger partial charge is 0.377 e. The predicted octanol–water partition coefficient (Wildman–Crippen LogP) is 0.250. The van der Waals surface area contributed by atoms with E-state index in [9.17, 15) is 18.0 Å². The summed E-state index contributed by atoms with van der Waals surface area (Å²) in [5.74, 6) is -5.48. The lowest BCUT2D eigenvalue weighted by molar-refractivity contribution is -0.269. The van der Waals surface area contributed by atoms with Gasteiger partial charge in [0.05, 0.1) is 0 Å². The summed E-state index contributed by atoms with van der Waals surface area (Å²) in [7, 11) is 0. The van der Waals surface area contributed by atoms with Gasteiger partial charge in [0.25, 0.3) is 6.43 Å². The lowest BCUT2D eigenvalue weighted by Gasteiger charge is -2.31. The van der Waals surface area contributed by atoms with Crippen LogP contribution in [0.4, 0.5) is 13.2 Å². The highest BCUT2D eigenvalue weighted by Gasteiger charge is 2.57. The van der Waals surface area contributed by atoms with Gasteiger partial charge in [-0.15, -0.1) is 0 Å². The number of ketones is 1. The summed E-state index contributed by atoms with van der Waals surface area (Å²) in [6.45, 7) is 1.19. The fourth-order valence-corrected chi connectivity index (χ4v) is 0.459. The number of carbonyl (C=O) groups excluding carboxylic acids is 1. The molecule has 0 saturated heterocycles. The maximum absolute atomic E-state index is 12.6. The summed E-state index contributed by atoms with van der Waals surface area (Å²) >= 11 is 0. The first-order valence-electron chi connectivity index (χ1n) is 3.07. The molecule has 0 aliphatic carbocycles. The van der Waals surface area contributed by atoms with Gasteiger partial charge in [-0.3, -0.25) is 4.79 Å². The quantitative estimate of drug-likeness (QED) is 0.664. The molecule has 0 bridgehead atoms. The molecule has 0 aromatic heterocycles. The summed E-state index contributed by atoms with van der Waals surface area (Å²) in [5.41, 5.74) is -3.08. The number of halogens is 3. The van der Waals surface area contributed by atoms with E-state index in [0.29, 0.717) is 13.8 Å². The molecule has 2 N–H and O–H groups in total. The number of carbonyl (C=O) groups is 1. The summed E-state index contributed by atoms with van der Waals surface area (Å²) in [6, 6.07) is 0. The molecule has 0 aliphatic rings. The van der Waals surface area contributed by atoms with Crippen molar-refractivity contribution >= 4 is 5.78 Å². The van der Waals surface area contributed by atoms with Crippen LogP contribution < -0.4 is 0 Å². The van der Waals surface area contributed by atoms with Crippen LogP contribution in [-0.2, 0) is 4.79 Å². The van der Waals surface area contributed by atoms with Crippen molar-refractivity contribution in [1.82, 2.24) is 0 Å². The Morgan fingerprint density at radius 1 is 1.42 bits per heavy atom. The van der Waals surface area contributed by atoms with Gasteiger partial charge in [0.15, 0.2) is 11.4 Å². The zero-order chi connectivity index (χ0) is 10.2. The van der Waals surface area contributed by atoms with Gasteiger partial charge >= 0.3 is 5.85 Å². The lowest BCUT2D eigenvalue weighted by atomic mass is 9.93. The van der Waals surface area contributed by atoms with Crippen LogP contribution in [0.2, 0.25) is 0 Å². The second-order valence-electron chi connectivity index (χ2n) is 2.60. The fourth-order valence-electron chi connectivity index (χ4n) is 0.459. The third kappa shape index (κ3) is 1.59. The van der Waals surface area contributed by atoms with E-state index >= 15 is 0 Å². The second-order valence-corrected chi connectivity index (χ2v) is 2.60. The molecule has 0 aromatic rings. The minimum atomic E-state index is -4.21. The number of hydrogen-bond donors (Lipinski definition) is 2. The van der Waals surface area contributed by atoms with Gasteiger partial charge in [-0.05, 0) is 13.8 Å². The second kappa shape index (κ2) is 3.02. The molecular formula is C6H9F3O3. The molecule has 72 valence electrons. The van der Waals surface area contributed by atoms with Gasteiger partial charge in [-0.1, -0.05) is 0 Å². The van der Waals surface area contributed by atoms with E-state index < -0.39 is 23.7 Å². The van der Waals surface area contributed by atoms with Crippen molar-refractivity contribution in [3.05, 3.63) is 0 Å². The van der Waals surface area contributed by atoms with Gasteiger partial charge in [-0.25, -0.2) is 13.2 Å². The molecule has 0 saturated carbocycles. The van der Waals surface area contributed by atoms with Crippen LogP contribution in [0.3, 0.4) is 0 Å². The summed E-state index contributed by atoms with van der Waals surface area (Å²) in [6.07, 6.45) is -3.84.